The van der Waals surface area contributed by atoms with E-state index < -0.39 is 0 Å². The van der Waals surface area contributed by atoms with Crippen LogP contribution in [-0.2, 0) is 0 Å². The Balaban J connectivity index is 2.48. The normalized spacial score (nSPS) is 10.9. The van der Waals surface area contributed by atoms with Crippen LogP contribution in [0.2, 0.25) is 0 Å². The van der Waals surface area contributed by atoms with Gasteiger partial charge in [0.25, 0.3) is 0 Å². The van der Waals surface area contributed by atoms with Crippen LogP contribution in [0.15, 0.2) is 54.9 Å². The molecule has 0 saturated carbocycles. The third-order valence-corrected chi connectivity index (χ3v) is 2.36. The Hall–Kier alpha value is -2.47. The Kier molecular flexibility index (Phi) is 3.27. The Morgan fingerprint density at radius 3 is 2.24 bits per heavy atom. The average molecular weight is 224 g/mol. The highest BCUT2D eigenvalue weighted by Gasteiger charge is 2.04. The molecule has 17 heavy (non-hydrogen) atoms. The maximum atomic E-state index is 12.8. The first-order valence-corrected chi connectivity index (χ1v) is 5.07. The van der Waals surface area contributed by atoms with Gasteiger partial charge in [-0.05, 0) is 41.0 Å². The SMILES string of the molecule is N#CC=C(c1ccncc1)c1ccc(F)cc1. The monoisotopic (exact) mass is 224 g/mol. The Labute approximate surface area is 98.7 Å². The summed E-state index contributed by atoms with van der Waals surface area (Å²) in [7, 11) is 0. The first-order valence-electron chi connectivity index (χ1n) is 5.07. The summed E-state index contributed by atoms with van der Waals surface area (Å²) in [6.07, 6.45) is 4.76. The second kappa shape index (κ2) is 5.04. The van der Waals surface area contributed by atoms with Crippen LogP contribution in [0.5, 0.6) is 0 Å². The topological polar surface area (TPSA) is 36.7 Å². The van der Waals surface area contributed by atoms with Gasteiger partial charge in [0, 0.05) is 18.5 Å². The smallest absolute Gasteiger partial charge is 0.123 e. The molecule has 0 spiro atoms. The van der Waals surface area contributed by atoms with Crippen LogP contribution in [0.4, 0.5) is 4.39 Å². The fourth-order valence-corrected chi connectivity index (χ4v) is 1.56. The first kappa shape index (κ1) is 11.0. The van der Waals surface area contributed by atoms with Gasteiger partial charge in [0.05, 0.1) is 6.07 Å². The maximum absolute atomic E-state index is 12.8. The van der Waals surface area contributed by atoms with E-state index in [0.717, 1.165) is 16.7 Å². The fraction of sp³-hybridized carbons (Fsp3) is 0. The maximum Gasteiger partial charge on any atom is 0.123 e. The van der Waals surface area contributed by atoms with E-state index in [1.54, 1.807) is 24.5 Å². The van der Waals surface area contributed by atoms with E-state index in [9.17, 15) is 4.39 Å². The predicted molar refractivity (Wildman–Crippen MR) is 63.3 cm³/mol. The highest BCUT2D eigenvalue weighted by atomic mass is 19.1. The molecule has 1 heterocycles. The van der Waals surface area contributed by atoms with Crippen molar-refractivity contribution >= 4 is 5.57 Å². The summed E-state index contributed by atoms with van der Waals surface area (Å²) in [6.45, 7) is 0. The molecule has 3 heteroatoms. The van der Waals surface area contributed by atoms with Gasteiger partial charge in [0.2, 0.25) is 0 Å². The minimum absolute atomic E-state index is 0.292. The van der Waals surface area contributed by atoms with Gasteiger partial charge in [-0.1, -0.05) is 12.1 Å². The van der Waals surface area contributed by atoms with Crippen molar-refractivity contribution in [3.05, 3.63) is 71.8 Å². The molecule has 0 fully saturated rings. The quantitative estimate of drug-likeness (QED) is 0.734. The number of hydrogen-bond acceptors (Lipinski definition) is 2. The zero-order valence-corrected chi connectivity index (χ0v) is 8.97. The molecule has 2 nitrogen and oxygen atoms in total. The van der Waals surface area contributed by atoms with Crippen LogP contribution in [0, 0.1) is 17.1 Å². The lowest BCUT2D eigenvalue weighted by atomic mass is 9.99. The second-order valence-electron chi connectivity index (χ2n) is 3.43. The number of rotatable bonds is 2. The lowest BCUT2D eigenvalue weighted by molar-refractivity contribution is 0.627. The zero-order chi connectivity index (χ0) is 12.1. The third-order valence-electron chi connectivity index (χ3n) is 2.36. The Bertz CT molecular complexity index is 565. The highest BCUT2D eigenvalue weighted by molar-refractivity contribution is 5.80. The molecule has 0 bridgehead atoms. The lowest BCUT2D eigenvalue weighted by Crippen LogP contribution is -1.88. The number of benzene rings is 1. The number of pyridine rings is 1. The molecule has 0 aliphatic heterocycles. The van der Waals surface area contributed by atoms with E-state index in [1.165, 1.54) is 18.2 Å². The summed E-state index contributed by atoms with van der Waals surface area (Å²) in [6, 6.07) is 11.7. The van der Waals surface area contributed by atoms with E-state index in [4.69, 9.17) is 5.26 Å². The average Bonchev–Trinajstić information content (AvgIpc) is 2.38. The van der Waals surface area contributed by atoms with Crippen LogP contribution in [0.1, 0.15) is 11.1 Å². The summed E-state index contributed by atoms with van der Waals surface area (Å²) in [5, 5.41) is 8.80. The lowest BCUT2D eigenvalue weighted by Gasteiger charge is -2.06. The zero-order valence-electron chi connectivity index (χ0n) is 8.97. The van der Waals surface area contributed by atoms with Crippen molar-refractivity contribution in [3.63, 3.8) is 0 Å². The molecule has 0 radical (unpaired) electrons. The minimum Gasteiger partial charge on any atom is -0.265 e. The van der Waals surface area contributed by atoms with Gasteiger partial charge >= 0.3 is 0 Å². The van der Waals surface area contributed by atoms with Crippen LogP contribution < -0.4 is 0 Å². The highest BCUT2D eigenvalue weighted by Crippen LogP contribution is 2.22. The van der Waals surface area contributed by atoms with Gasteiger partial charge < -0.3 is 0 Å². The molecular weight excluding hydrogens is 215 g/mol. The van der Waals surface area contributed by atoms with E-state index in [1.807, 2.05) is 18.2 Å². The second-order valence-corrected chi connectivity index (χ2v) is 3.43. The number of halogens is 1. The predicted octanol–water partition coefficient (Wildman–Crippen LogP) is 3.18. The van der Waals surface area contributed by atoms with Gasteiger partial charge in [-0.2, -0.15) is 5.26 Å². The summed E-state index contributed by atoms with van der Waals surface area (Å²) in [5.41, 5.74) is 2.45. The van der Waals surface area contributed by atoms with Gasteiger partial charge in [-0.15, -0.1) is 0 Å². The summed E-state index contributed by atoms with van der Waals surface area (Å²) >= 11 is 0. The molecular formula is C14H9FN2. The number of allylic oxidation sites excluding steroid dienone is 1. The van der Waals surface area contributed by atoms with Gasteiger partial charge in [-0.3, -0.25) is 4.98 Å². The van der Waals surface area contributed by atoms with Crippen molar-refractivity contribution in [1.29, 1.82) is 5.26 Å². The van der Waals surface area contributed by atoms with Crippen molar-refractivity contribution in [2.24, 2.45) is 0 Å². The molecule has 1 aromatic carbocycles. The van der Waals surface area contributed by atoms with Crippen LogP contribution >= 0.6 is 0 Å². The number of nitrogens with zero attached hydrogens (tertiary/aromatic N) is 2. The Morgan fingerprint density at radius 2 is 1.65 bits per heavy atom. The first-order chi connectivity index (χ1) is 8.31. The van der Waals surface area contributed by atoms with E-state index in [-0.39, 0.29) is 5.82 Å². The number of aromatic nitrogens is 1. The van der Waals surface area contributed by atoms with E-state index in [0.29, 0.717) is 0 Å². The number of nitriles is 1. The molecule has 0 saturated heterocycles. The molecule has 0 atom stereocenters. The minimum atomic E-state index is -0.292. The summed E-state index contributed by atoms with van der Waals surface area (Å²) < 4.78 is 12.8. The molecule has 0 unspecified atom stereocenters. The summed E-state index contributed by atoms with van der Waals surface area (Å²) in [4.78, 5) is 3.93. The van der Waals surface area contributed by atoms with Gasteiger partial charge in [0.1, 0.15) is 5.82 Å². The van der Waals surface area contributed by atoms with Crippen molar-refractivity contribution < 1.29 is 4.39 Å². The molecule has 0 N–H and O–H groups in total. The van der Waals surface area contributed by atoms with Crippen molar-refractivity contribution in [2.75, 3.05) is 0 Å². The molecule has 0 aliphatic rings. The van der Waals surface area contributed by atoms with Gasteiger partial charge in [0.15, 0.2) is 0 Å². The van der Waals surface area contributed by atoms with Crippen molar-refractivity contribution in [3.8, 4) is 6.07 Å². The van der Waals surface area contributed by atoms with Crippen LogP contribution in [-0.4, -0.2) is 4.98 Å². The van der Waals surface area contributed by atoms with E-state index >= 15 is 0 Å². The van der Waals surface area contributed by atoms with Crippen LogP contribution in [0.3, 0.4) is 0 Å². The fourth-order valence-electron chi connectivity index (χ4n) is 1.56. The van der Waals surface area contributed by atoms with E-state index in [2.05, 4.69) is 4.98 Å². The molecule has 0 amide bonds. The molecule has 0 aliphatic carbocycles. The van der Waals surface area contributed by atoms with Crippen molar-refractivity contribution in [1.82, 2.24) is 4.98 Å². The standard InChI is InChI=1S/C14H9FN2/c15-13-3-1-11(2-4-13)14(5-8-16)12-6-9-17-10-7-12/h1-7,9-10H. The third kappa shape index (κ3) is 2.56. The molecule has 2 rings (SSSR count). The molecule has 82 valence electrons. The summed E-state index contributed by atoms with van der Waals surface area (Å²) in [5.74, 6) is -0.292. The van der Waals surface area contributed by atoms with Crippen molar-refractivity contribution in [2.45, 2.75) is 0 Å². The molecule has 2 aromatic rings. The Morgan fingerprint density at radius 1 is 1.06 bits per heavy atom. The molecule has 1 aromatic heterocycles. The van der Waals surface area contributed by atoms with Gasteiger partial charge in [-0.25, -0.2) is 4.39 Å². The number of hydrogen-bond donors (Lipinski definition) is 0. The largest absolute Gasteiger partial charge is 0.265 e. The van der Waals surface area contributed by atoms with Crippen LogP contribution in [0.25, 0.3) is 5.57 Å².